The fourth-order valence-corrected chi connectivity index (χ4v) is 4.81. The molecular weight excluding hydrogens is 590 g/mol. The van der Waals surface area contributed by atoms with Gasteiger partial charge in [0.2, 0.25) is 17.5 Å². The molecule has 4 N–H and O–H groups in total. The largest absolute Gasteiger partial charge is 0.481 e. The van der Waals surface area contributed by atoms with E-state index in [2.05, 4.69) is 20.7 Å². The zero-order chi connectivity index (χ0) is 32.8. The van der Waals surface area contributed by atoms with E-state index >= 15 is 0 Å². The number of carboxylic acid groups (broad SMARTS) is 1. The molecule has 1 fully saturated rings. The first-order valence-electron chi connectivity index (χ1n) is 13.8. The molecule has 1 aliphatic carbocycles. The van der Waals surface area contributed by atoms with Gasteiger partial charge in [0, 0.05) is 23.7 Å². The van der Waals surface area contributed by atoms with Crippen LogP contribution in [0.2, 0.25) is 0 Å². The number of aliphatic carboxylic acids is 1. The SMILES string of the molecule is CC(C)(C)c1ccccc1NC(=O)C(=O)NC1CCC(C(=O)N[C@@H](CC(=O)O)C(=O)COc2c(F)c(F)cc(F)c2F)CC1. The van der Waals surface area contributed by atoms with Gasteiger partial charge in [-0.2, -0.15) is 8.78 Å². The third-order valence-corrected chi connectivity index (χ3v) is 7.14. The lowest BCUT2D eigenvalue weighted by Gasteiger charge is -2.29. The first kappa shape index (κ1) is 34.0. The number of carbonyl (C=O) groups is 5. The Kier molecular flexibility index (Phi) is 11.1. The van der Waals surface area contributed by atoms with Crippen LogP contribution in [-0.4, -0.2) is 53.3 Å². The van der Waals surface area contributed by atoms with Gasteiger partial charge in [-0.15, -0.1) is 0 Å². The van der Waals surface area contributed by atoms with Crippen molar-refractivity contribution >= 4 is 35.2 Å². The molecule has 3 rings (SSSR count). The summed E-state index contributed by atoms with van der Waals surface area (Å²) in [4.78, 5) is 61.9. The molecule has 0 spiro atoms. The van der Waals surface area contributed by atoms with Crippen molar-refractivity contribution in [2.45, 2.75) is 70.4 Å². The topological polar surface area (TPSA) is 151 Å². The van der Waals surface area contributed by atoms with Gasteiger partial charge >= 0.3 is 17.8 Å². The van der Waals surface area contributed by atoms with Gasteiger partial charge in [-0.25, -0.2) is 8.78 Å². The van der Waals surface area contributed by atoms with Gasteiger partial charge in [-0.1, -0.05) is 39.0 Å². The van der Waals surface area contributed by atoms with Gasteiger partial charge in [-0.3, -0.25) is 24.0 Å². The molecule has 0 heterocycles. The van der Waals surface area contributed by atoms with E-state index in [1.807, 2.05) is 32.9 Å². The number of Topliss-reactive ketones (excluding diaryl/α,β-unsaturated/α-hetero) is 1. The van der Waals surface area contributed by atoms with E-state index in [1.54, 1.807) is 12.1 Å². The van der Waals surface area contributed by atoms with Gasteiger partial charge in [0.15, 0.2) is 23.2 Å². The normalized spacial score (nSPS) is 17.2. The Morgan fingerprint density at radius 2 is 1.52 bits per heavy atom. The number of benzene rings is 2. The van der Waals surface area contributed by atoms with Crippen molar-refractivity contribution in [3.8, 4) is 5.75 Å². The highest BCUT2D eigenvalue weighted by Gasteiger charge is 2.32. The van der Waals surface area contributed by atoms with Crippen molar-refractivity contribution in [3.05, 3.63) is 59.2 Å². The van der Waals surface area contributed by atoms with E-state index in [9.17, 15) is 46.6 Å². The summed E-state index contributed by atoms with van der Waals surface area (Å²) in [5.41, 5.74) is 1.08. The van der Waals surface area contributed by atoms with Crippen LogP contribution in [0, 0.1) is 29.2 Å². The van der Waals surface area contributed by atoms with Crippen LogP contribution in [0.25, 0.3) is 0 Å². The van der Waals surface area contributed by atoms with Crippen LogP contribution in [0.4, 0.5) is 23.2 Å². The average molecular weight is 624 g/mol. The average Bonchev–Trinajstić information content (AvgIpc) is 2.95. The molecule has 0 bridgehead atoms. The monoisotopic (exact) mass is 623 g/mol. The molecule has 44 heavy (non-hydrogen) atoms. The van der Waals surface area contributed by atoms with Gasteiger partial charge in [-0.05, 0) is 42.7 Å². The smallest absolute Gasteiger partial charge is 0.313 e. The first-order valence-corrected chi connectivity index (χ1v) is 13.8. The zero-order valence-corrected chi connectivity index (χ0v) is 24.3. The second-order valence-corrected chi connectivity index (χ2v) is 11.5. The summed E-state index contributed by atoms with van der Waals surface area (Å²) in [6.45, 7) is 4.73. The van der Waals surface area contributed by atoms with Crippen LogP contribution in [-0.2, 0) is 29.4 Å². The molecule has 3 amide bonds. The van der Waals surface area contributed by atoms with E-state index in [-0.39, 0.29) is 24.3 Å². The Balaban J connectivity index is 1.53. The number of carboxylic acids is 1. The molecule has 1 saturated carbocycles. The fraction of sp³-hybridized carbons (Fsp3) is 0.433. The predicted octanol–water partition coefficient (Wildman–Crippen LogP) is 3.76. The number of ketones is 1. The van der Waals surface area contributed by atoms with Crippen LogP contribution in [0.1, 0.15) is 58.4 Å². The van der Waals surface area contributed by atoms with E-state index in [0.29, 0.717) is 18.5 Å². The van der Waals surface area contributed by atoms with Crippen molar-refractivity contribution in [1.29, 1.82) is 0 Å². The third kappa shape index (κ3) is 8.77. The molecule has 0 unspecified atom stereocenters. The molecule has 1 atom stereocenters. The summed E-state index contributed by atoms with van der Waals surface area (Å²) >= 11 is 0. The number of ether oxygens (including phenoxy) is 1. The number of carbonyl (C=O) groups excluding carboxylic acids is 4. The molecule has 1 aliphatic rings. The molecular formula is C30H33F4N3O7. The van der Waals surface area contributed by atoms with Gasteiger partial charge in [0.25, 0.3) is 0 Å². The van der Waals surface area contributed by atoms with E-state index < -0.39 is 89.5 Å². The summed E-state index contributed by atoms with van der Waals surface area (Å²) in [5.74, 6) is -14.4. The number of para-hydroxylation sites is 1. The summed E-state index contributed by atoms with van der Waals surface area (Å²) in [7, 11) is 0. The van der Waals surface area contributed by atoms with E-state index in [1.165, 1.54) is 0 Å². The van der Waals surface area contributed by atoms with Crippen molar-refractivity contribution < 1.29 is 51.4 Å². The first-order chi connectivity index (χ1) is 20.6. The lowest BCUT2D eigenvalue weighted by atomic mass is 9.85. The second kappa shape index (κ2) is 14.3. The van der Waals surface area contributed by atoms with Crippen LogP contribution < -0.4 is 20.7 Å². The molecule has 10 nitrogen and oxygen atoms in total. The lowest BCUT2D eigenvalue weighted by molar-refractivity contribution is -0.141. The maximum absolute atomic E-state index is 13.8. The molecule has 0 aliphatic heterocycles. The van der Waals surface area contributed by atoms with Gasteiger partial charge < -0.3 is 25.8 Å². The van der Waals surface area contributed by atoms with Gasteiger partial charge in [0.05, 0.1) is 6.42 Å². The van der Waals surface area contributed by atoms with Crippen molar-refractivity contribution in [1.82, 2.24) is 10.6 Å². The zero-order valence-electron chi connectivity index (χ0n) is 24.3. The third-order valence-electron chi connectivity index (χ3n) is 7.14. The fourth-order valence-electron chi connectivity index (χ4n) is 4.81. The van der Waals surface area contributed by atoms with Crippen LogP contribution in [0.5, 0.6) is 5.75 Å². The Morgan fingerprint density at radius 1 is 0.932 bits per heavy atom. The number of halogens is 4. The highest BCUT2D eigenvalue weighted by atomic mass is 19.2. The second-order valence-electron chi connectivity index (χ2n) is 11.5. The van der Waals surface area contributed by atoms with Crippen molar-refractivity contribution in [2.75, 3.05) is 11.9 Å². The maximum Gasteiger partial charge on any atom is 0.313 e. The molecule has 238 valence electrons. The number of rotatable bonds is 10. The van der Waals surface area contributed by atoms with E-state index in [0.717, 1.165) is 5.56 Å². The standard InChI is InChI=1S/C30H33F4N3O7/c1-30(2,3)17-6-4-5-7-20(17)36-29(43)28(42)35-16-10-8-15(9-11-16)27(41)37-21(13-23(39)40)22(38)14-44-26-24(33)18(31)12-19(32)25(26)34/h4-7,12,15-16,21H,8-11,13-14H2,1-3H3,(H,35,42)(H,36,43)(H,37,41)(H,39,40)/t15?,16?,21-/m0/s1. The molecule has 0 radical (unpaired) electrons. The number of nitrogens with one attached hydrogen (secondary N) is 3. The predicted molar refractivity (Wildman–Crippen MR) is 149 cm³/mol. The summed E-state index contributed by atoms with van der Waals surface area (Å²) < 4.78 is 59.1. The number of anilines is 1. The Hall–Kier alpha value is -4.49. The summed E-state index contributed by atoms with van der Waals surface area (Å²) in [6.07, 6.45) is 0.179. The summed E-state index contributed by atoms with van der Waals surface area (Å²) in [6, 6.07) is 4.99. The Morgan fingerprint density at radius 3 is 2.09 bits per heavy atom. The van der Waals surface area contributed by atoms with E-state index in [4.69, 9.17) is 0 Å². The molecule has 2 aromatic rings. The van der Waals surface area contributed by atoms with Crippen LogP contribution in [0.3, 0.4) is 0 Å². The minimum atomic E-state index is -1.88. The van der Waals surface area contributed by atoms with Crippen molar-refractivity contribution in [2.24, 2.45) is 5.92 Å². The summed E-state index contributed by atoms with van der Waals surface area (Å²) in [5, 5.41) is 16.7. The Bertz CT molecular complexity index is 1410. The van der Waals surface area contributed by atoms with Crippen LogP contribution >= 0.6 is 0 Å². The maximum atomic E-state index is 13.8. The molecule has 2 aromatic carbocycles. The quantitative estimate of drug-likeness (QED) is 0.179. The minimum Gasteiger partial charge on any atom is -0.481 e. The Labute approximate surface area is 250 Å². The molecule has 0 aromatic heterocycles. The highest BCUT2D eigenvalue weighted by Crippen LogP contribution is 2.30. The lowest BCUT2D eigenvalue weighted by Crippen LogP contribution is -2.48. The van der Waals surface area contributed by atoms with Crippen molar-refractivity contribution in [3.63, 3.8) is 0 Å². The number of amides is 3. The molecule has 0 saturated heterocycles. The highest BCUT2D eigenvalue weighted by molar-refractivity contribution is 6.39. The number of hydrogen-bond acceptors (Lipinski definition) is 6. The minimum absolute atomic E-state index is 0.0466. The molecule has 14 heteroatoms. The van der Waals surface area contributed by atoms with Gasteiger partial charge in [0.1, 0.15) is 12.6 Å². The number of hydrogen-bond donors (Lipinski definition) is 4. The van der Waals surface area contributed by atoms with Crippen LogP contribution in [0.15, 0.2) is 30.3 Å².